The molecule has 2 amide bonds. The number of carbonyl (C=O) groups excluding carboxylic acids is 2. The topological polar surface area (TPSA) is 104 Å². The van der Waals surface area contributed by atoms with E-state index in [4.69, 9.17) is 0 Å². The van der Waals surface area contributed by atoms with Gasteiger partial charge in [-0.05, 0) is 61.9 Å². The Morgan fingerprint density at radius 1 is 0.806 bits per heavy atom. The van der Waals surface area contributed by atoms with E-state index >= 15 is 0 Å². The molecule has 0 saturated carbocycles. The maximum absolute atomic E-state index is 12.7. The second kappa shape index (κ2) is 9.01. The summed E-state index contributed by atoms with van der Waals surface area (Å²) >= 11 is 0. The number of hydrogen-bond donors (Lipinski definition) is 3. The Kier molecular flexibility index (Phi) is 6.41. The predicted molar refractivity (Wildman–Crippen MR) is 122 cm³/mol. The first kappa shape index (κ1) is 22.0. The Hall–Kier alpha value is -3.65. The molecule has 0 heterocycles. The Balaban J connectivity index is 1.80. The highest BCUT2D eigenvalue weighted by molar-refractivity contribution is 7.92. The van der Waals surface area contributed by atoms with Crippen LogP contribution in [0.15, 0.2) is 71.6 Å². The van der Waals surface area contributed by atoms with Crippen molar-refractivity contribution >= 4 is 38.9 Å². The molecule has 0 spiro atoms. The van der Waals surface area contributed by atoms with Crippen molar-refractivity contribution in [1.29, 1.82) is 0 Å². The Bertz CT molecular complexity index is 1240. The summed E-state index contributed by atoms with van der Waals surface area (Å²) in [5.74, 6) is -0.685. The van der Waals surface area contributed by atoms with Crippen LogP contribution < -0.4 is 15.4 Å². The minimum atomic E-state index is -3.86. The summed E-state index contributed by atoms with van der Waals surface area (Å²) in [6.45, 7) is 5.15. The van der Waals surface area contributed by atoms with Gasteiger partial charge >= 0.3 is 0 Å². The van der Waals surface area contributed by atoms with Crippen molar-refractivity contribution < 1.29 is 18.0 Å². The third kappa shape index (κ3) is 5.70. The third-order valence-electron chi connectivity index (χ3n) is 4.52. The van der Waals surface area contributed by atoms with Crippen LogP contribution in [0.5, 0.6) is 0 Å². The highest BCUT2D eigenvalue weighted by atomic mass is 32.2. The lowest BCUT2D eigenvalue weighted by molar-refractivity contribution is -0.114. The molecular formula is C23H23N3O4S. The van der Waals surface area contributed by atoms with E-state index in [2.05, 4.69) is 15.4 Å². The van der Waals surface area contributed by atoms with Crippen LogP contribution in [-0.4, -0.2) is 20.2 Å². The van der Waals surface area contributed by atoms with Crippen LogP contribution in [-0.2, 0) is 14.8 Å². The van der Waals surface area contributed by atoms with Crippen molar-refractivity contribution in [3.63, 3.8) is 0 Å². The molecule has 0 aliphatic heterocycles. The molecule has 7 nitrogen and oxygen atoms in total. The molecule has 3 rings (SSSR count). The summed E-state index contributed by atoms with van der Waals surface area (Å²) in [5.41, 5.74) is 3.55. The molecule has 0 aliphatic carbocycles. The molecule has 0 aromatic heterocycles. The van der Waals surface area contributed by atoms with Gasteiger partial charge in [0.05, 0.1) is 4.90 Å². The molecule has 3 aromatic rings. The molecule has 8 heteroatoms. The molecule has 0 saturated heterocycles. The zero-order chi connectivity index (χ0) is 22.6. The number of amides is 2. The van der Waals surface area contributed by atoms with Crippen molar-refractivity contribution in [2.75, 3.05) is 15.4 Å². The maximum atomic E-state index is 12.7. The summed E-state index contributed by atoms with van der Waals surface area (Å²) in [6, 6.07) is 17.9. The number of anilines is 3. The van der Waals surface area contributed by atoms with Gasteiger partial charge in [0, 0.05) is 29.5 Å². The summed E-state index contributed by atoms with van der Waals surface area (Å²) < 4.78 is 28.0. The number of hydrogen-bond acceptors (Lipinski definition) is 4. The first-order valence-corrected chi connectivity index (χ1v) is 11.0. The largest absolute Gasteiger partial charge is 0.326 e. The monoisotopic (exact) mass is 437 g/mol. The quantitative estimate of drug-likeness (QED) is 0.534. The average molecular weight is 438 g/mol. The van der Waals surface area contributed by atoms with Gasteiger partial charge in [-0.1, -0.05) is 29.8 Å². The summed E-state index contributed by atoms with van der Waals surface area (Å²) in [5, 5.41) is 5.43. The smallest absolute Gasteiger partial charge is 0.261 e. The van der Waals surface area contributed by atoms with Crippen LogP contribution in [0.25, 0.3) is 0 Å². The fourth-order valence-corrected chi connectivity index (χ4v) is 3.97. The second-order valence-corrected chi connectivity index (χ2v) is 8.85. The van der Waals surface area contributed by atoms with Crippen molar-refractivity contribution in [2.24, 2.45) is 0 Å². The Morgan fingerprint density at radius 2 is 1.48 bits per heavy atom. The van der Waals surface area contributed by atoms with Crippen molar-refractivity contribution in [2.45, 2.75) is 25.7 Å². The molecule has 3 aromatic carbocycles. The number of nitrogens with one attached hydrogen (secondary N) is 3. The van der Waals surface area contributed by atoms with E-state index in [1.807, 2.05) is 13.8 Å². The molecule has 0 unspecified atom stereocenters. The number of sulfonamides is 1. The number of benzene rings is 3. The lowest BCUT2D eigenvalue weighted by Gasteiger charge is -2.12. The van der Waals surface area contributed by atoms with E-state index < -0.39 is 15.9 Å². The lowest BCUT2D eigenvalue weighted by Crippen LogP contribution is -2.16. The van der Waals surface area contributed by atoms with Crippen molar-refractivity contribution in [3.8, 4) is 0 Å². The van der Waals surface area contributed by atoms with Crippen LogP contribution >= 0.6 is 0 Å². The molecule has 0 radical (unpaired) electrons. The second-order valence-electron chi connectivity index (χ2n) is 7.16. The van der Waals surface area contributed by atoms with Crippen LogP contribution in [0, 0.1) is 13.8 Å². The minimum Gasteiger partial charge on any atom is -0.326 e. The van der Waals surface area contributed by atoms with E-state index in [-0.39, 0.29) is 16.4 Å². The van der Waals surface area contributed by atoms with E-state index in [0.717, 1.165) is 11.1 Å². The van der Waals surface area contributed by atoms with Gasteiger partial charge in [0.1, 0.15) is 0 Å². The molecule has 0 fully saturated rings. The van der Waals surface area contributed by atoms with E-state index in [0.29, 0.717) is 17.1 Å². The highest BCUT2D eigenvalue weighted by Crippen LogP contribution is 2.22. The van der Waals surface area contributed by atoms with Gasteiger partial charge in [-0.15, -0.1) is 0 Å². The molecule has 3 N–H and O–H groups in total. The van der Waals surface area contributed by atoms with Crippen molar-refractivity contribution in [3.05, 3.63) is 83.4 Å². The molecule has 0 aliphatic rings. The fourth-order valence-electron chi connectivity index (χ4n) is 2.87. The molecular weight excluding hydrogens is 414 g/mol. The van der Waals surface area contributed by atoms with E-state index in [1.54, 1.807) is 42.5 Å². The molecule has 31 heavy (non-hydrogen) atoms. The van der Waals surface area contributed by atoms with Crippen LogP contribution in [0.3, 0.4) is 0 Å². The predicted octanol–water partition coefficient (Wildman–Crippen LogP) is 4.31. The van der Waals surface area contributed by atoms with Gasteiger partial charge in [0.15, 0.2) is 0 Å². The summed E-state index contributed by atoms with van der Waals surface area (Å²) in [7, 11) is -3.86. The standard InChI is InChI=1S/C23H23N3O4S/c1-15-7-10-19(11-8-15)26-31(29,30)21-6-4-5-18(13-21)23(28)25-20-12-9-16(2)22(14-20)24-17(3)27/h4-14,26H,1-3H3,(H,24,27)(H,25,28). The minimum absolute atomic E-state index is 0.0245. The zero-order valence-electron chi connectivity index (χ0n) is 17.4. The summed E-state index contributed by atoms with van der Waals surface area (Å²) in [6.07, 6.45) is 0. The molecule has 0 atom stereocenters. The van der Waals surface area contributed by atoms with Crippen LogP contribution in [0.2, 0.25) is 0 Å². The highest BCUT2D eigenvalue weighted by Gasteiger charge is 2.17. The van der Waals surface area contributed by atoms with Crippen molar-refractivity contribution in [1.82, 2.24) is 0 Å². The fraction of sp³-hybridized carbons (Fsp3) is 0.130. The van der Waals surface area contributed by atoms with Gasteiger partial charge in [-0.2, -0.15) is 0 Å². The number of rotatable bonds is 6. The SMILES string of the molecule is CC(=O)Nc1cc(NC(=O)c2cccc(S(=O)(=O)Nc3ccc(C)cc3)c2)ccc1C. The van der Waals surface area contributed by atoms with E-state index in [9.17, 15) is 18.0 Å². The number of aryl methyl sites for hydroxylation is 2. The number of carbonyl (C=O) groups is 2. The van der Waals surface area contributed by atoms with Gasteiger partial charge in [0.2, 0.25) is 5.91 Å². The van der Waals surface area contributed by atoms with Crippen LogP contribution in [0.4, 0.5) is 17.1 Å². The first-order chi connectivity index (χ1) is 14.6. The lowest BCUT2D eigenvalue weighted by atomic mass is 10.1. The molecule has 0 bridgehead atoms. The normalized spacial score (nSPS) is 10.9. The molecule has 160 valence electrons. The average Bonchev–Trinajstić information content (AvgIpc) is 2.72. The van der Waals surface area contributed by atoms with Gasteiger partial charge in [-0.25, -0.2) is 8.42 Å². The van der Waals surface area contributed by atoms with Crippen LogP contribution in [0.1, 0.15) is 28.4 Å². The maximum Gasteiger partial charge on any atom is 0.261 e. The van der Waals surface area contributed by atoms with Gasteiger partial charge in [0.25, 0.3) is 15.9 Å². The van der Waals surface area contributed by atoms with Gasteiger partial charge in [-0.3, -0.25) is 14.3 Å². The Labute approximate surface area is 181 Å². The first-order valence-electron chi connectivity index (χ1n) is 9.53. The van der Waals surface area contributed by atoms with E-state index in [1.165, 1.54) is 31.2 Å². The third-order valence-corrected chi connectivity index (χ3v) is 5.90. The summed E-state index contributed by atoms with van der Waals surface area (Å²) in [4.78, 5) is 24.0. The Morgan fingerprint density at radius 3 is 2.16 bits per heavy atom. The van der Waals surface area contributed by atoms with Gasteiger partial charge < -0.3 is 10.6 Å². The zero-order valence-corrected chi connectivity index (χ0v) is 18.2.